The van der Waals surface area contributed by atoms with E-state index in [1.807, 2.05) is 0 Å². The van der Waals surface area contributed by atoms with E-state index in [0.717, 1.165) is 38.1 Å². The first-order valence-corrected chi connectivity index (χ1v) is 9.07. The summed E-state index contributed by atoms with van der Waals surface area (Å²) in [5.74, 6) is -0.0726. The fourth-order valence-electron chi connectivity index (χ4n) is 3.24. The van der Waals surface area contributed by atoms with Crippen molar-refractivity contribution in [3.05, 3.63) is 29.8 Å². The molecule has 132 valence electrons. The Bertz CT molecular complexity index is 520. The molecular weight excluding hydrogens is 304 g/mol. The van der Waals surface area contributed by atoms with E-state index in [1.165, 1.54) is 18.5 Å². The molecule has 2 saturated heterocycles. The van der Waals surface area contributed by atoms with Gasteiger partial charge in [0.05, 0.1) is 12.7 Å². The molecule has 5 heteroatoms. The van der Waals surface area contributed by atoms with E-state index >= 15 is 0 Å². The van der Waals surface area contributed by atoms with Crippen LogP contribution in [0.25, 0.3) is 0 Å². The molecule has 0 spiro atoms. The average Bonchev–Trinajstić information content (AvgIpc) is 3.31. The van der Waals surface area contributed by atoms with Crippen LogP contribution in [0.1, 0.15) is 38.2 Å². The third-order valence-electron chi connectivity index (χ3n) is 4.80. The van der Waals surface area contributed by atoms with Crippen LogP contribution in [0.3, 0.4) is 0 Å². The van der Waals surface area contributed by atoms with Gasteiger partial charge < -0.3 is 19.7 Å². The Morgan fingerprint density at radius 2 is 2.04 bits per heavy atom. The van der Waals surface area contributed by atoms with Crippen LogP contribution in [0.2, 0.25) is 0 Å². The van der Waals surface area contributed by atoms with Gasteiger partial charge in [0.25, 0.3) is 0 Å². The molecule has 0 unspecified atom stereocenters. The van der Waals surface area contributed by atoms with Crippen molar-refractivity contribution in [3.63, 3.8) is 0 Å². The average molecular weight is 332 g/mol. The third kappa shape index (κ3) is 4.71. The van der Waals surface area contributed by atoms with E-state index in [4.69, 9.17) is 9.47 Å². The van der Waals surface area contributed by atoms with Crippen molar-refractivity contribution < 1.29 is 14.3 Å². The van der Waals surface area contributed by atoms with Gasteiger partial charge in [-0.25, -0.2) is 0 Å². The quantitative estimate of drug-likeness (QED) is 0.833. The van der Waals surface area contributed by atoms with Gasteiger partial charge >= 0.3 is 0 Å². The standard InChI is InChI=1S/C19H28N2O3/c1-15(24-14-18-5-4-12-23-18)19(22)20-13-16-6-8-17(9-7-16)21-10-2-3-11-21/h6-9,15,18H,2-5,10-14H2,1H3,(H,20,22)/t15-,18+/m1/s1. The van der Waals surface area contributed by atoms with Crippen molar-refractivity contribution in [1.82, 2.24) is 5.32 Å². The molecule has 1 N–H and O–H groups in total. The van der Waals surface area contributed by atoms with Gasteiger partial charge in [-0.1, -0.05) is 12.1 Å². The number of carbonyl (C=O) groups is 1. The molecule has 24 heavy (non-hydrogen) atoms. The SMILES string of the molecule is C[C@@H](OC[C@@H]1CCCO1)C(=O)NCc1ccc(N2CCCC2)cc1. The van der Waals surface area contributed by atoms with Crippen molar-refractivity contribution in [3.8, 4) is 0 Å². The maximum Gasteiger partial charge on any atom is 0.249 e. The molecular formula is C19H28N2O3. The number of anilines is 1. The molecule has 0 saturated carbocycles. The van der Waals surface area contributed by atoms with Gasteiger partial charge in [-0.15, -0.1) is 0 Å². The predicted molar refractivity (Wildman–Crippen MR) is 94.1 cm³/mol. The summed E-state index contributed by atoms with van der Waals surface area (Å²) in [6.45, 7) is 5.93. The summed E-state index contributed by atoms with van der Waals surface area (Å²) >= 11 is 0. The van der Waals surface area contributed by atoms with Crippen LogP contribution in [0, 0.1) is 0 Å². The highest BCUT2D eigenvalue weighted by molar-refractivity contribution is 5.80. The Balaban J connectivity index is 1.40. The molecule has 0 radical (unpaired) electrons. The molecule has 1 aromatic carbocycles. The number of carbonyl (C=O) groups excluding carboxylic acids is 1. The monoisotopic (exact) mass is 332 g/mol. The maximum atomic E-state index is 12.1. The van der Waals surface area contributed by atoms with Gasteiger partial charge in [0, 0.05) is 31.9 Å². The van der Waals surface area contributed by atoms with Crippen LogP contribution >= 0.6 is 0 Å². The molecule has 2 atom stereocenters. The Morgan fingerprint density at radius 1 is 1.29 bits per heavy atom. The Morgan fingerprint density at radius 3 is 2.71 bits per heavy atom. The lowest BCUT2D eigenvalue weighted by Crippen LogP contribution is -2.35. The van der Waals surface area contributed by atoms with E-state index in [0.29, 0.717) is 13.2 Å². The largest absolute Gasteiger partial charge is 0.376 e. The highest BCUT2D eigenvalue weighted by atomic mass is 16.5. The lowest BCUT2D eigenvalue weighted by molar-refractivity contribution is -0.133. The number of nitrogens with one attached hydrogen (secondary N) is 1. The van der Waals surface area contributed by atoms with Crippen molar-refractivity contribution in [2.45, 2.75) is 51.4 Å². The highest BCUT2D eigenvalue weighted by Crippen LogP contribution is 2.20. The van der Waals surface area contributed by atoms with Crippen LogP contribution < -0.4 is 10.2 Å². The van der Waals surface area contributed by atoms with Crippen LogP contribution in [0.15, 0.2) is 24.3 Å². The second-order valence-electron chi connectivity index (χ2n) is 6.69. The third-order valence-corrected chi connectivity index (χ3v) is 4.80. The van der Waals surface area contributed by atoms with E-state index in [9.17, 15) is 4.79 Å². The molecule has 2 aliphatic heterocycles. The van der Waals surface area contributed by atoms with Gasteiger partial charge in [-0.05, 0) is 50.3 Å². The van der Waals surface area contributed by atoms with Crippen LogP contribution in [0.5, 0.6) is 0 Å². The highest BCUT2D eigenvalue weighted by Gasteiger charge is 2.19. The first kappa shape index (κ1) is 17.2. The summed E-state index contributed by atoms with van der Waals surface area (Å²) in [5, 5.41) is 2.94. The van der Waals surface area contributed by atoms with Crippen LogP contribution in [0.4, 0.5) is 5.69 Å². The number of ether oxygens (including phenoxy) is 2. The molecule has 0 aliphatic carbocycles. The molecule has 1 aromatic rings. The first-order chi connectivity index (χ1) is 11.7. The Kier molecular flexibility index (Phi) is 6.10. The maximum absolute atomic E-state index is 12.1. The van der Waals surface area contributed by atoms with Gasteiger partial charge in [0.1, 0.15) is 6.10 Å². The van der Waals surface area contributed by atoms with Crippen molar-refractivity contribution in [2.75, 3.05) is 31.2 Å². The second-order valence-corrected chi connectivity index (χ2v) is 6.69. The molecule has 1 amide bonds. The summed E-state index contributed by atoms with van der Waals surface area (Å²) in [7, 11) is 0. The summed E-state index contributed by atoms with van der Waals surface area (Å²) in [4.78, 5) is 14.5. The van der Waals surface area contributed by atoms with E-state index in [2.05, 4.69) is 34.5 Å². The summed E-state index contributed by atoms with van der Waals surface area (Å²) in [6.07, 6.45) is 4.37. The number of nitrogens with zero attached hydrogens (tertiary/aromatic N) is 1. The fourth-order valence-corrected chi connectivity index (χ4v) is 3.24. The Hall–Kier alpha value is -1.59. The predicted octanol–water partition coefficient (Wildman–Crippen LogP) is 2.49. The number of benzene rings is 1. The molecule has 0 aromatic heterocycles. The summed E-state index contributed by atoms with van der Waals surface area (Å²) in [5.41, 5.74) is 2.38. The molecule has 3 rings (SSSR count). The first-order valence-electron chi connectivity index (χ1n) is 9.07. The van der Waals surface area contributed by atoms with Gasteiger partial charge in [0.2, 0.25) is 5.91 Å². The fraction of sp³-hybridized carbons (Fsp3) is 0.632. The number of hydrogen-bond acceptors (Lipinski definition) is 4. The van der Waals surface area contributed by atoms with Crippen molar-refractivity contribution in [2.24, 2.45) is 0 Å². The number of hydrogen-bond donors (Lipinski definition) is 1. The topological polar surface area (TPSA) is 50.8 Å². The zero-order valence-electron chi connectivity index (χ0n) is 14.5. The van der Waals surface area contributed by atoms with E-state index in [1.54, 1.807) is 6.92 Å². The van der Waals surface area contributed by atoms with Gasteiger partial charge in [-0.2, -0.15) is 0 Å². The van der Waals surface area contributed by atoms with E-state index < -0.39 is 6.10 Å². The van der Waals surface area contributed by atoms with Crippen molar-refractivity contribution in [1.29, 1.82) is 0 Å². The molecule has 5 nitrogen and oxygen atoms in total. The molecule has 0 bridgehead atoms. The second kappa shape index (κ2) is 8.49. The Labute approximate surface area is 144 Å². The van der Waals surface area contributed by atoms with Gasteiger partial charge in [-0.3, -0.25) is 4.79 Å². The minimum absolute atomic E-state index is 0.0726. The normalized spacial score (nSPS) is 21.9. The molecule has 2 aliphatic rings. The van der Waals surface area contributed by atoms with Crippen LogP contribution in [-0.2, 0) is 20.8 Å². The zero-order valence-corrected chi connectivity index (χ0v) is 14.5. The van der Waals surface area contributed by atoms with Gasteiger partial charge in [0.15, 0.2) is 0 Å². The van der Waals surface area contributed by atoms with Crippen molar-refractivity contribution >= 4 is 11.6 Å². The lowest BCUT2D eigenvalue weighted by Gasteiger charge is -2.18. The molecule has 2 heterocycles. The zero-order chi connectivity index (χ0) is 16.8. The number of rotatable bonds is 7. The smallest absolute Gasteiger partial charge is 0.249 e. The minimum atomic E-state index is -0.446. The summed E-state index contributed by atoms with van der Waals surface area (Å²) < 4.78 is 11.1. The number of amides is 1. The molecule has 2 fully saturated rings. The van der Waals surface area contributed by atoms with Crippen LogP contribution in [-0.4, -0.2) is 44.4 Å². The summed E-state index contributed by atoms with van der Waals surface area (Å²) in [6, 6.07) is 8.46. The lowest BCUT2D eigenvalue weighted by atomic mass is 10.2. The minimum Gasteiger partial charge on any atom is -0.376 e. The van der Waals surface area contributed by atoms with E-state index in [-0.39, 0.29) is 12.0 Å².